The average Bonchev–Trinajstić information content (AvgIpc) is 2.93. The molecule has 32 heavy (non-hydrogen) atoms. The molecular formula is C25H34O7. The summed E-state index contributed by atoms with van der Waals surface area (Å²) in [6.45, 7) is 8.48. The largest absolute Gasteiger partial charge is 0.462 e. The molecule has 0 aromatic carbocycles. The fourth-order valence-electron chi connectivity index (χ4n) is 7.37. The molecule has 0 radical (unpaired) electrons. The number of rotatable bonds is 3. The maximum Gasteiger partial charge on any atom is 0.303 e. The zero-order chi connectivity index (χ0) is 23.4. The summed E-state index contributed by atoms with van der Waals surface area (Å²) >= 11 is 0. The van der Waals surface area contributed by atoms with Crippen LogP contribution in [-0.2, 0) is 33.4 Å². The number of carbonyl (C=O) groups excluding carboxylic acids is 4. The van der Waals surface area contributed by atoms with Gasteiger partial charge in [0.25, 0.3) is 0 Å². The second kappa shape index (κ2) is 7.99. The molecule has 0 N–H and O–H groups in total. The summed E-state index contributed by atoms with van der Waals surface area (Å²) in [6.07, 6.45) is 5.00. The van der Waals surface area contributed by atoms with Crippen molar-refractivity contribution in [2.45, 2.75) is 91.5 Å². The van der Waals surface area contributed by atoms with Crippen LogP contribution in [0.15, 0.2) is 11.6 Å². The number of carbonyl (C=O) groups is 4. The Morgan fingerprint density at radius 3 is 2.19 bits per heavy atom. The highest BCUT2D eigenvalue weighted by Gasteiger charge is 2.65. The van der Waals surface area contributed by atoms with Crippen molar-refractivity contribution in [1.82, 2.24) is 0 Å². The minimum atomic E-state index is -0.541. The third-order valence-electron chi connectivity index (χ3n) is 8.76. The van der Waals surface area contributed by atoms with Crippen molar-refractivity contribution in [1.29, 1.82) is 0 Å². The van der Waals surface area contributed by atoms with E-state index < -0.39 is 29.6 Å². The lowest BCUT2D eigenvalue weighted by Gasteiger charge is -2.56. The predicted octanol–water partition coefficient (Wildman–Crippen LogP) is 3.53. The Balaban J connectivity index is 1.66. The fourth-order valence-corrected chi connectivity index (χ4v) is 7.37. The highest BCUT2D eigenvalue weighted by molar-refractivity contribution is 5.94. The topological polar surface area (TPSA) is 96.0 Å². The number of ketones is 1. The molecule has 0 aromatic heterocycles. The lowest BCUT2D eigenvalue weighted by molar-refractivity contribution is -0.172. The standard InChI is InChI=1S/C25H34O7/c1-13(26)30-17-6-8-24(4)16(10-17)11-20(29)22-18(24)7-9-25(5)19(22)12-21(31-14(2)27)23(25)32-15(3)28/h11,17-19,21-23H,6-10,12H2,1-5H3/t17-,18?,19?,21-,22?,23+,24+,25+/m1/s1. The van der Waals surface area contributed by atoms with Crippen molar-refractivity contribution >= 4 is 23.7 Å². The van der Waals surface area contributed by atoms with Crippen molar-refractivity contribution in [3.8, 4) is 0 Å². The Morgan fingerprint density at radius 1 is 0.906 bits per heavy atom. The molecule has 4 aliphatic rings. The second-order valence-corrected chi connectivity index (χ2v) is 10.7. The van der Waals surface area contributed by atoms with Gasteiger partial charge in [0.2, 0.25) is 0 Å². The van der Waals surface area contributed by atoms with Gasteiger partial charge < -0.3 is 14.2 Å². The van der Waals surface area contributed by atoms with E-state index in [1.54, 1.807) is 6.08 Å². The molecule has 0 heterocycles. The number of allylic oxidation sites excluding steroid dienone is 1. The van der Waals surface area contributed by atoms with E-state index in [0.29, 0.717) is 12.8 Å². The third kappa shape index (κ3) is 3.67. The van der Waals surface area contributed by atoms with Crippen molar-refractivity contribution in [2.75, 3.05) is 0 Å². The van der Waals surface area contributed by atoms with Crippen LogP contribution in [0.2, 0.25) is 0 Å². The van der Waals surface area contributed by atoms with E-state index in [9.17, 15) is 19.2 Å². The Kier molecular flexibility index (Phi) is 5.74. The molecule has 3 saturated carbocycles. The average molecular weight is 447 g/mol. The normalized spacial score (nSPS) is 42.7. The van der Waals surface area contributed by atoms with E-state index in [2.05, 4.69) is 13.8 Å². The summed E-state index contributed by atoms with van der Waals surface area (Å²) in [7, 11) is 0. The molecular weight excluding hydrogens is 412 g/mol. The summed E-state index contributed by atoms with van der Waals surface area (Å²) in [5.41, 5.74) is 0.558. The van der Waals surface area contributed by atoms with Crippen LogP contribution in [0.3, 0.4) is 0 Å². The fraction of sp³-hybridized carbons (Fsp3) is 0.760. The first-order chi connectivity index (χ1) is 15.0. The molecule has 0 amide bonds. The van der Waals surface area contributed by atoms with E-state index in [4.69, 9.17) is 14.2 Å². The van der Waals surface area contributed by atoms with E-state index in [-0.39, 0.29) is 41.0 Å². The first kappa shape index (κ1) is 23.0. The molecule has 0 spiro atoms. The van der Waals surface area contributed by atoms with Gasteiger partial charge >= 0.3 is 17.9 Å². The monoisotopic (exact) mass is 446 g/mol. The molecule has 4 rings (SSSR count). The molecule has 8 atom stereocenters. The number of hydrogen-bond acceptors (Lipinski definition) is 7. The number of ether oxygens (including phenoxy) is 3. The van der Waals surface area contributed by atoms with E-state index in [1.165, 1.54) is 20.8 Å². The predicted molar refractivity (Wildman–Crippen MR) is 114 cm³/mol. The third-order valence-corrected chi connectivity index (χ3v) is 8.76. The SMILES string of the molecule is CC(=O)O[C@@H]1CC[C@@]2(C)C(=CC(=O)C3C2CC[C@@]2(C)C3C[C@@H](OC(C)=O)[C@@H]2OC(C)=O)C1. The Labute approximate surface area is 189 Å². The minimum absolute atomic E-state index is 0.0248. The highest BCUT2D eigenvalue weighted by atomic mass is 16.6. The van der Waals surface area contributed by atoms with Gasteiger partial charge in [-0.3, -0.25) is 19.2 Å². The Bertz CT molecular complexity index is 876. The molecule has 0 bridgehead atoms. The molecule has 176 valence electrons. The van der Waals surface area contributed by atoms with Crippen LogP contribution in [-0.4, -0.2) is 42.0 Å². The molecule has 7 heteroatoms. The maximum atomic E-state index is 13.5. The molecule has 0 aromatic rings. The van der Waals surface area contributed by atoms with Gasteiger partial charge in [0.1, 0.15) is 18.3 Å². The van der Waals surface area contributed by atoms with Crippen LogP contribution < -0.4 is 0 Å². The first-order valence-electron chi connectivity index (χ1n) is 11.7. The smallest absolute Gasteiger partial charge is 0.303 e. The number of fused-ring (bicyclic) bond motifs is 5. The zero-order valence-electron chi connectivity index (χ0n) is 19.6. The van der Waals surface area contributed by atoms with E-state index in [0.717, 1.165) is 31.3 Å². The quantitative estimate of drug-likeness (QED) is 0.483. The summed E-state index contributed by atoms with van der Waals surface area (Å²) in [6, 6.07) is 0. The van der Waals surface area contributed by atoms with Crippen LogP contribution in [0.25, 0.3) is 0 Å². The Hall–Kier alpha value is -2.18. The summed E-state index contributed by atoms with van der Waals surface area (Å²) in [4.78, 5) is 48.6. The molecule has 3 fully saturated rings. The van der Waals surface area contributed by atoms with Crippen LogP contribution in [0, 0.1) is 28.6 Å². The molecule has 4 aliphatic carbocycles. The molecule has 7 nitrogen and oxygen atoms in total. The van der Waals surface area contributed by atoms with Crippen LogP contribution in [0.4, 0.5) is 0 Å². The van der Waals surface area contributed by atoms with Crippen molar-refractivity contribution < 1.29 is 33.4 Å². The van der Waals surface area contributed by atoms with Gasteiger partial charge in [-0.1, -0.05) is 19.4 Å². The number of esters is 3. The van der Waals surface area contributed by atoms with Gasteiger partial charge in [-0.15, -0.1) is 0 Å². The van der Waals surface area contributed by atoms with Gasteiger partial charge in [-0.05, 0) is 55.4 Å². The van der Waals surface area contributed by atoms with Gasteiger partial charge in [0, 0.05) is 38.5 Å². The Morgan fingerprint density at radius 2 is 1.56 bits per heavy atom. The molecule has 0 saturated heterocycles. The second-order valence-electron chi connectivity index (χ2n) is 10.7. The van der Waals surface area contributed by atoms with Gasteiger partial charge in [0.05, 0.1) is 0 Å². The van der Waals surface area contributed by atoms with Gasteiger partial charge in [-0.2, -0.15) is 0 Å². The van der Waals surface area contributed by atoms with Crippen LogP contribution in [0.1, 0.15) is 73.1 Å². The van der Waals surface area contributed by atoms with Crippen molar-refractivity contribution in [3.05, 3.63) is 11.6 Å². The lowest BCUT2D eigenvalue weighted by atomic mass is 9.47. The number of hydrogen-bond donors (Lipinski definition) is 0. The van der Waals surface area contributed by atoms with E-state index in [1.807, 2.05) is 0 Å². The summed E-state index contributed by atoms with van der Waals surface area (Å²) in [5.74, 6) is -1.02. The maximum absolute atomic E-state index is 13.5. The first-order valence-corrected chi connectivity index (χ1v) is 11.7. The summed E-state index contributed by atoms with van der Waals surface area (Å²) in [5, 5.41) is 0. The lowest BCUT2D eigenvalue weighted by Crippen LogP contribution is -2.54. The minimum Gasteiger partial charge on any atom is -0.462 e. The van der Waals surface area contributed by atoms with Gasteiger partial charge in [-0.25, -0.2) is 0 Å². The summed E-state index contributed by atoms with van der Waals surface area (Å²) < 4.78 is 16.7. The van der Waals surface area contributed by atoms with E-state index >= 15 is 0 Å². The molecule has 0 aliphatic heterocycles. The molecule has 3 unspecified atom stereocenters. The zero-order valence-corrected chi connectivity index (χ0v) is 19.6. The van der Waals surface area contributed by atoms with Crippen molar-refractivity contribution in [2.24, 2.45) is 28.6 Å². The van der Waals surface area contributed by atoms with Gasteiger partial charge in [0.15, 0.2) is 5.78 Å². The highest BCUT2D eigenvalue weighted by Crippen LogP contribution is 2.65. The van der Waals surface area contributed by atoms with Crippen LogP contribution in [0.5, 0.6) is 0 Å². The van der Waals surface area contributed by atoms with Crippen molar-refractivity contribution in [3.63, 3.8) is 0 Å². The van der Waals surface area contributed by atoms with Crippen LogP contribution >= 0.6 is 0 Å².